The van der Waals surface area contributed by atoms with Gasteiger partial charge in [-0.05, 0) is 41.8 Å². The zero-order valence-electron chi connectivity index (χ0n) is 12.2. The van der Waals surface area contributed by atoms with E-state index in [0.717, 1.165) is 5.56 Å². The van der Waals surface area contributed by atoms with E-state index in [-0.39, 0.29) is 9.92 Å². The van der Waals surface area contributed by atoms with E-state index in [9.17, 15) is 8.42 Å². The molecule has 0 aliphatic heterocycles. The summed E-state index contributed by atoms with van der Waals surface area (Å²) in [6.45, 7) is 4.13. The van der Waals surface area contributed by atoms with Crippen LogP contribution in [-0.2, 0) is 10.0 Å². The van der Waals surface area contributed by atoms with Crippen molar-refractivity contribution in [2.45, 2.75) is 24.7 Å². The fraction of sp³-hybridized carbons (Fsp3) is 0.188. The summed E-state index contributed by atoms with van der Waals surface area (Å²) in [6.07, 6.45) is 0. The highest BCUT2D eigenvalue weighted by Crippen LogP contribution is 2.25. The van der Waals surface area contributed by atoms with Crippen LogP contribution in [0.15, 0.2) is 47.4 Å². The van der Waals surface area contributed by atoms with Crippen LogP contribution in [0.25, 0.3) is 0 Å². The van der Waals surface area contributed by atoms with Crippen LogP contribution < -0.4 is 4.72 Å². The first-order valence-corrected chi connectivity index (χ1v) is 8.52. The molecule has 0 fully saturated rings. The molecule has 4 nitrogen and oxygen atoms in total. The van der Waals surface area contributed by atoms with Crippen molar-refractivity contribution in [3.8, 4) is 6.07 Å². The minimum absolute atomic E-state index is 0.0188. The van der Waals surface area contributed by atoms with Crippen molar-refractivity contribution in [1.82, 2.24) is 0 Å². The third-order valence-electron chi connectivity index (χ3n) is 3.18. The van der Waals surface area contributed by atoms with Crippen LogP contribution in [0.5, 0.6) is 0 Å². The van der Waals surface area contributed by atoms with E-state index >= 15 is 0 Å². The summed E-state index contributed by atoms with van der Waals surface area (Å²) in [6, 6.07) is 13.2. The molecule has 0 saturated heterocycles. The molecule has 0 aromatic heterocycles. The van der Waals surface area contributed by atoms with Crippen molar-refractivity contribution in [2.75, 3.05) is 4.72 Å². The Hall–Kier alpha value is -2.03. The molecule has 2 aromatic rings. The van der Waals surface area contributed by atoms with Crippen LogP contribution in [0.1, 0.15) is 30.9 Å². The quantitative estimate of drug-likeness (QED) is 0.913. The molecule has 2 rings (SSSR count). The lowest BCUT2D eigenvalue weighted by Gasteiger charge is -2.11. The zero-order chi connectivity index (χ0) is 16.3. The average molecular weight is 335 g/mol. The molecule has 0 amide bonds. The van der Waals surface area contributed by atoms with Gasteiger partial charge in [0.25, 0.3) is 10.0 Å². The topological polar surface area (TPSA) is 70.0 Å². The Morgan fingerprint density at radius 1 is 1.14 bits per heavy atom. The predicted octanol–water partition coefficient (Wildman–Crippen LogP) is 4.14. The summed E-state index contributed by atoms with van der Waals surface area (Å²) in [4.78, 5) is -0.0545. The largest absolute Gasteiger partial charge is 0.280 e. The van der Waals surface area contributed by atoms with Gasteiger partial charge < -0.3 is 0 Å². The molecule has 0 radical (unpaired) electrons. The van der Waals surface area contributed by atoms with Crippen molar-refractivity contribution in [3.05, 3.63) is 58.6 Å². The molecule has 1 N–H and O–H groups in total. The van der Waals surface area contributed by atoms with E-state index in [2.05, 4.69) is 18.6 Å². The van der Waals surface area contributed by atoms with Crippen molar-refractivity contribution in [2.24, 2.45) is 0 Å². The van der Waals surface area contributed by atoms with Crippen LogP contribution in [0, 0.1) is 11.3 Å². The highest BCUT2D eigenvalue weighted by molar-refractivity contribution is 7.92. The molecule has 0 aliphatic carbocycles. The molecule has 0 spiro atoms. The molecule has 6 heteroatoms. The second kappa shape index (κ2) is 6.39. The van der Waals surface area contributed by atoms with Crippen molar-refractivity contribution in [3.63, 3.8) is 0 Å². The SMILES string of the molecule is CC(C)c1ccc(NS(=O)(=O)c2ccc(C#N)cc2Cl)cc1. The highest BCUT2D eigenvalue weighted by Gasteiger charge is 2.18. The van der Waals surface area contributed by atoms with E-state index in [0.29, 0.717) is 17.2 Å². The van der Waals surface area contributed by atoms with E-state index < -0.39 is 10.0 Å². The zero-order valence-corrected chi connectivity index (χ0v) is 13.7. The number of hydrogen-bond donors (Lipinski definition) is 1. The van der Waals surface area contributed by atoms with Gasteiger partial charge in [0.1, 0.15) is 4.90 Å². The number of nitriles is 1. The normalized spacial score (nSPS) is 11.2. The maximum Gasteiger partial charge on any atom is 0.263 e. The second-order valence-electron chi connectivity index (χ2n) is 5.14. The van der Waals surface area contributed by atoms with Crippen molar-refractivity contribution < 1.29 is 8.42 Å². The number of benzene rings is 2. The van der Waals surface area contributed by atoms with Crippen LogP contribution in [0.3, 0.4) is 0 Å². The number of halogens is 1. The molecular formula is C16H15ClN2O2S. The van der Waals surface area contributed by atoms with E-state index in [1.165, 1.54) is 18.2 Å². The second-order valence-corrected chi connectivity index (χ2v) is 7.20. The van der Waals surface area contributed by atoms with Gasteiger partial charge >= 0.3 is 0 Å². The molecule has 0 bridgehead atoms. The molecular weight excluding hydrogens is 320 g/mol. The Labute approximate surface area is 135 Å². The lowest BCUT2D eigenvalue weighted by molar-refractivity contribution is 0.601. The molecule has 0 unspecified atom stereocenters. The number of hydrogen-bond acceptors (Lipinski definition) is 3. The Balaban J connectivity index is 2.30. The van der Waals surface area contributed by atoms with Crippen LogP contribution in [0.4, 0.5) is 5.69 Å². The van der Waals surface area contributed by atoms with Gasteiger partial charge in [-0.1, -0.05) is 37.6 Å². The smallest absolute Gasteiger partial charge is 0.263 e. The molecule has 2 aromatic carbocycles. The van der Waals surface area contributed by atoms with Crippen LogP contribution in [-0.4, -0.2) is 8.42 Å². The van der Waals surface area contributed by atoms with Crippen LogP contribution >= 0.6 is 11.6 Å². The summed E-state index contributed by atoms with van der Waals surface area (Å²) < 4.78 is 27.2. The maximum atomic E-state index is 12.4. The van der Waals surface area contributed by atoms with Gasteiger partial charge in [-0.25, -0.2) is 8.42 Å². The van der Waals surface area contributed by atoms with Crippen molar-refractivity contribution in [1.29, 1.82) is 5.26 Å². The molecule has 114 valence electrons. The number of nitrogens with zero attached hydrogens (tertiary/aromatic N) is 1. The fourth-order valence-electron chi connectivity index (χ4n) is 1.93. The summed E-state index contributed by atoms with van der Waals surface area (Å²) >= 11 is 5.96. The highest BCUT2D eigenvalue weighted by atomic mass is 35.5. The Morgan fingerprint density at radius 3 is 2.27 bits per heavy atom. The molecule has 0 atom stereocenters. The van der Waals surface area contributed by atoms with Gasteiger partial charge in [0.2, 0.25) is 0 Å². The van der Waals surface area contributed by atoms with Gasteiger partial charge in [0.05, 0.1) is 16.7 Å². The summed E-state index contributed by atoms with van der Waals surface area (Å²) in [5, 5.41) is 8.81. The lowest BCUT2D eigenvalue weighted by atomic mass is 10.0. The minimum Gasteiger partial charge on any atom is -0.280 e. The predicted molar refractivity (Wildman–Crippen MR) is 87.5 cm³/mol. The lowest BCUT2D eigenvalue weighted by Crippen LogP contribution is -2.13. The first kappa shape index (κ1) is 16.3. The summed E-state index contributed by atoms with van der Waals surface area (Å²) in [5.41, 5.74) is 1.90. The van der Waals surface area contributed by atoms with Crippen molar-refractivity contribution >= 4 is 27.3 Å². The number of sulfonamides is 1. The van der Waals surface area contributed by atoms with Gasteiger partial charge in [-0.3, -0.25) is 4.72 Å². The minimum atomic E-state index is -3.79. The van der Waals surface area contributed by atoms with Crippen LogP contribution in [0.2, 0.25) is 5.02 Å². The Morgan fingerprint density at radius 2 is 1.77 bits per heavy atom. The average Bonchev–Trinajstić information content (AvgIpc) is 2.46. The third-order valence-corrected chi connectivity index (χ3v) is 5.04. The first-order valence-electron chi connectivity index (χ1n) is 6.66. The van der Waals surface area contributed by atoms with E-state index in [4.69, 9.17) is 16.9 Å². The summed E-state index contributed by atoms with van der Waals surface area (Å²) in [5.74, 6) is 0.374. The number of nitrogens with one attached hydrogen (secondary N) is 1. The molecule has 0 saturated carbocycles. The molecule has 0 aliphatic rings. The van der Waals surface area contributed by atoms with E-state index in [1.54, 1.807) is 12.1 Å². The fourth-order valence-corrected chi connectivity index (χ4v) is 3.54. The van der Waals surface area contributed by atoms with E-state index in [1.807, 2.05) is 18.2 Å². The van der Waals surface area contributed by atoms with Gasteiger partial charge in [0.15, 0.2) is 0 Å². The van der Waals surface area contributed by atoms with Gasteiger partial charge in [-0.15, -0.1) is 0 Å². The number of rotatable bonds is 4. The molecule has 22 heavy (non-hydrogen) atoms. The standard InChI is InChI=1S/C16H15ClN2O2S/c1-11(2)13-4-6-14(7-5-13)19-22(20,21)16-8-3-12(10-18)9-15(16)17/h3-9,11,19H,1-2H3. The third kappa shape index (κ3) is 3.59. The first-order chi connectivity index (χ1) is 10.3. The van der Waals surface area contributed by atoms with Gasteiger partial charge in [0, 0.05) is 5.69 Å². The Bertz CT molecular complexity index is 822. The summed E-state index contributed by atoms with van der Waals surface area (Å²) in [7, 11) is -3.79. The Kier molecular flexibility index (Phi) is 4.74. The molecule has 0 heterocycles. The van der Waals surface area contributed by atoms with Gasteiger partial charge in [-0.2, -0.15) is 5.26 Å². The number of anilines is 1. The monoisotopic (exact) mass is 334 g/mol. The maximum absolute atomic E-state index is 12.4.